The third kappa shape index (κ3) is 1.23. The van der Waals surface area contributed by atoms with Crippen molar-refractivity contribution in [2.75, 3.05) is 0 Å². The summed E-state index contributed by atoms with van der Waals surface area (Å²) in [5.41, 5.74) is 0.432. The maximum absolute atomic E-state index is 10.3. The normalized spacial score (nSPS) is 9.80. The second kappa shape index (κ2) is 2.90. The molecule has 0 aliphatic carbocycles. The summed E-state index contributed by atoms with van der Waals surface area (Å²) in [5.74, 6) is -0.0324. The Morgan fingerprint density at radius 3 is 2.70 bits per heavy atom. The summed E-state index contributed by atoms with van der Waals surface area (Å²) in [6.45, 7) is -0.396. The van der Waals surface area contributed by atoms with Gasteiger partial charge < -0.3 is 5.11 Å². The molecule has 3 heteroatoms. The Morgan fingerprint density at radius 2 is 2.20 bits per heavy atom. The van der Waals surface area contributed by atoms with E-state index in [0.717, 1.165) is 0 Å². The molecule has 0 heterocycles. The molecule has 2 nitrogen and oxygen atoms in total. The molecular weight excluding hydrogens is 152 g/mol. The van der Waals surface area contributed by atoms with Crippen LogP contribution in [0.25, 0.3) is 0 Å². The summed E-state index contributed by atoms with van der Waals surface area (Å²) in [6, 6.07) is 4.63. The first kappa shape index (κ1) is 7.38. The van der Waals surface area contributed by atoms with Gasteiger partial charge in [-0.15, -0.1) is 0 Å². The zero-order chi connectivity index (χ0) is 7.56. The number of hydrogen-bond donors (Lipinski definition) is 1. The van der Waals surface area contributed by atoms with E-state index in [1.54, 1.807) is 12.1 Å². The fourth-order valence-electron chi connectivity index (χ4n) is 0.678. The maximum atomic E-state index is 10.3. The lowest BCUT2D eigenvalue weighted by Crippen LogP contribution is -1.81. The molecule has 1 rings (SSSR count). The predicted octanol–water partition coefficient (Wildman–Crippen LogP) is 1.98. The first-order valence-corrected chi connectivity index (χ1v) is 3.18. The number of rotatable bonds is 1. The van der Waals surface area contributed by atoms with E-state index in [4.69, 9.17) is 16.7 Å². The van der Waals surface area contributed by atoms with E-state index in [1.807, 2.05) is 0 Å². The molecule has 1 aromatic carbocycles. The molecule has 0 aromatic heterocycles. The summed E-state index contributed by atoms with van der Waals surface area (Å²) < 4.78 is 0. The van der Waals surface area contributed by atoms with Crippen LogP contribution in [-0.2, 0) is 11.7 Å². The highest BCUT2D eigenvalue weighted by Crippen LogP contribution is 2.26. The summed E-state index contributed by atoms with van der Waals surface area (Å²) in [4.78, 5) is 0. The van der Waals surface area contributed by atoms with E-state index >= 15 is 0 Å². The highest BCUT2D eigenvalue weighted by Gasteiger charge is 2.02. The predicted molar refractivity (Wildman–Crippen MR) is 37.5 cm³/mol. The topological polar surface area (TPSA) is 40.1 Å². The zero-order valence-corrected chi connectivity index (χ0v) is 5.93. The number of halogens is 1. The molecule has 1 aromatic rings. The van der Waals surface area contributed by atoms with Crippen molar-refractivity contribution >= 4 is 11.6 Å². The van der Waals surface area contributed by atoms with Crippen molar-refractivity contribution in [2.45, 2.75) is 6.61 Å². The molecule has 0 fully saturated rings. The average molecular weight is 158 g/mol. The number of phenolic OH excluding ortho intramolecular Hbond substituents is 1. The lowest BCUT2D eigenvalue weighted by atomic mass is 10.2. The van der Waals surface area contributed by atoms with Gasteiger partial charge in [-0.2, -0.15) is 0 Å². The third-order valence-electron chi connectivity index (χ3n) is 1.21. The van der Waals surface area contributed by atoms with Crippen molar-refractivity contribution in [1.29, 1.82) is 0 Å². The number of aromatic hydroxyl groups is 1. The van der Waals surface area contributed by atoms with Gasteiger partial charge in [0.05, 0.1) is 5.02 Å². The van der Waals surface area contributed by atoms with Crippen LogP contribution in [0, 0.1) is 0 Å². The molecule has 0 saturated carbocycles. The lowest BCUT2D eigenvalue weighted by Gasteiger charge is -1.99. The van der Waals surface area contributed by atoms with Gasteiger partial charge in [-0.05, 0) is 6.07 Å². The van der Waals surface area contributed by atoms with Crippen molar-refractivity contribution in [2.24, 2.45) is 0 Å². The molecule has 0 amide bonds. The molecule has 0 saturated heterocycles. The average Bonchev–Trinajstić information content (AvgIpc) is 1.95. The van der Waals surface area contributed by atoms with Crippen LogP contribution in [0.4, 0.5) is 0 Å². The third-order valence-corrected chi connectivity index (χ3v) is 1.65. The van der Waals surface area contributed by atoms with Crippen LogP contribution in [0.15, 0.2) is 18.2 Å². The van der Waals surface area contributed by atoms with E-state index in [9.17, 15) is 5.11 Å². The van der Waals surface area contributed by atoms with Gasteiger partial charge in [-0.25, -0.2) is 5.11 Å². The monoisotopic (exact) mass is 157 g/mol. The first-order valence-electron chi connectivity index (χ1n) is 2.80. The molecule has 1 radical (unpaired) electrons. The van der Waals surface area contributed by atoms with Crippen LogP contribution < -0.4 is 0 Å². The summed E-state index contributed by atoms with van der Waals surface area (Å²) in [5, 5.41) is 19.4. The molecule has 53 valence electrons. The van der Waals surface area contributed by atoms with Crippen molar-refractivity contribution in [3.8, 4) is 5.75 Å². The summed E-state index contributed by atoms with van der Waals surface area (Å²) >= 11 is 5.54. The minimum Gasteiger partial charge on any atom is -0.506 e. The fourth-order valence-corrected chi connectivity index (χ4v) is 0.858. The Hall–Kier alpha value is -0.730. The van der Waals surface area contributed by atoms with Gasteiger partial charge in [0.1, 0.15) is 12.4 Å². The molecule has 10 heavy (non-hydrogen) atoms. The summed E-state index contributed by atoms with van der Waals surface area (Å²) in [6.07, 6.45) is 0. The first-order chi connectivity index (χ1) is 4.75. The van der Waals surface area contributed by atoms with Gasteiger partial charge in [0.2, 0.25) is 0 Å². The van der Waals surface area contributed by atoms with E-state index in [0.29, 0.717) is 5.56 Å². The van der Waals surface area contributed by atoms with Gasteiger partial charge in [-0.1, -0.05) is 23.7 Å². The number of hydrogen-bond acceptors (Lipinski definition) is 1. The Balaban J connectivity index is 3.14. The Bertz CT molecular complexity index is 235. The van der Waals surface area contributed by atoms with E-state index in [2.05, 4.69) is 0 Å². The molecule has 0 unspecified atom stereocenters. The minimum atomic E-state index is -0.396. The largest absolute Gasteiger partial charge is 0.506 e. The van der Waals surface area contributed by atoms with E-state index in [-0.39, 0.29) is 10.8 Å². The number of phenols is 1. The molecule has 0 aliphatic heterocycles. The van der Waals surface area contributed by atoms with Crippen molar-refractivity contribution in [3.63, 3.8) is 0 Å². The molecule has 0 aliphatic rings. The van der Waals surface area contributed by atoms with Gasteiger partial charge in [0.25, 0.3) is 0 Å². The van der Waals surface area contributed by atoms with Gasteiger partial charge in [0, 0.05) is 5.56 Å². The molecule has 0 bridgehead atoms. The van der Waals surface area contributed by atoms with E-state index < -0.39 is 6.61 Å². The SMILES string of the molecule is [O]Cc1cccc(O)c1Cl. The van der Waals surface area contributed by atoms with Crippen molar-refractivity contribution in [1.82, 2.24) is 0 Å². The molecule has 0 atom stereocenters. The van der Waals surface area contributed by atoms with Crippen molar-refractivity contribution < 1.29 is 10.2 Å². The van der Waals surface area contributed by atoms with Crippen LogP contribution in [0.3, 0.4) is 0 Å². The van der Waals surface area contributed by atoms with Crippen LogP contribution >= 0.6 is 11.6 Å². The highest BCUT2D eigenvalue weighted by atomic mass is 35.5. The van der Waals surface area contributed by atoms with Crippen molar-refractivity contribution in [3.05, 3.63) is 28.8 Å². The Morgan fingerprint density at radius 1 is 1.50 bits per heavy atom. The maximum Gasteiger partial charge on any atom is 0.134 e. The molecular formula is C7H6ClO2. The quantitative estimate of drug-likeness (QED) is 0.665. The smallest absolute Gasteiger partial charge is 0.134 e. The molecule has 0 spiro atoms. The second-order valence-corrected chi connectivity index (χ2v) is 2.27. The zero-order valence-electron chi connectivity index (χ0n) is 5.17. The van der Waals surface area contributed by atoms with E-state index in [1.165, 1.54) is 6.07 Å². The Kier molecular flexibility index (Phi) is 2.14. The van der Waals surface area contributed by atoms with Gasteiger partial charge in [0.15, 0.2) is 0 Å². The van der Waals surface area contributed by atoms with Gasteiger partial charge >= 0.3 is 0 Å². The summed E-state index contributed by atoms with van der Waals surface area (Å²) in [7, 11) is 0. The van der Waals surface area contributed by atoms with Gasteiger partial charge in [-0.3, -0.25) is 0 Å². The highest BCUT2D eigenvalue weighted by molar-refractivity contribution is 6.32. The second-order valence-electron chi connectivity index (χ2n) is 1.89. The van der Waals surface area contributed by atoms with Crippen LogP contribution in [-0.4, -0.2) is 5.11 Å². The fraction of sp³-hybridized carbons (Fsp3) is 0.143. The minimum absolute atomic E-state index is 0.0324. The lowest BCUT2D eigenvalue weighted by molar-refractivity contribution is 0.177. The molecule has 1 N–H and O–H groups in total. The van der Waals surface area contributed by atoms with Crippen LogP contribution in [0.1, 0.15) is 5.56 Å². The van der Waals surface area contributed by atoms with Crippen LogP contribution in [0.5, 0.6) is 5.75 Å². The number of benzene rings is 1. The Labute approximate surface area is 63.7 Å². The van der Waals surface area contributed by atoms with Crippen LogP contribution in [0.2, 0.25) is 5.02 Å². The standard InChI is InChI=1S/C7H6ClO2/c8-7-5(4-9)2-1-3-6(7)10/h1-3,10H,4H2.